The van der Waals surface area contributed by atoms with Crippen LogP contribution in [0.1, 0.15) is 50.6 Å². The van der Waals surface area contributed by atoms with Crippen molar-refractivity contribution in [2.24, 2.45) is 23.7 Å². The van der Waals surface area contributed by atoms with E-state index in [9.17, 15) is 10.2 Å². The molecule has 0 aromatic heterocycles. The highest BCUT2D eigenvalue weighted by molar-refractivity contribution is 5.40. The van der Waals surface area contributed by atoms with E-state index in [1.54, 1.807) is 12.1 Å². The van der Waals surface area contributed by atoms with Gasteiger partial charge >= 0.3 is 0 Å². The minimum Gasteiger partial charge on any atom is -0.508 e. The zero-order valence-corrected chi connectivity index (χ0v) is 12.6. The Bertz CT molecular complexity index is 544. The number of nitrogens with one attached hydrogen (secondary N) is 1. The zero-order valence-electron chi connectivity index (χ0n) is 12.6. The van der Waals surface area contributed by atoms with Gasteiger partial charge in [0.15, 0.2) is 0 Å². The number of hydrogen-bond donors (Lipinski definition) is 3. The van der Waals surface area contributed by atoms with Gasteiger partial charge in [-0.1, -0.05) is 6.42 Å². The van der Waals surface area contributed by atoms with Gasteiger partial charge in [0.05, 0.1) is 0 Å². The fraction of sp³-hybridized carbons (Fsp3) is 0.667. The molecule has 3 aliphatic rings. The lowest BCUT2D eigenvalue weighted by molar-refractivity contribution is 0.199. The van der Waals surface area contributed by atoms with Crippen molar-refractivity contribution >= 4 is 0 Å². The molecule has 3 nitrogen and oxygen atoms in total. The molecule has 114 valence electrons. The number of benzene rings is 1. The molecule has 0 spiro atoms. The molecule has 3 N–H and O–H groups in total. The van der Waals surface area contributed by atoms with E-state index in [-0.39, 0.29) is 17.5 Å². The molecule has 0 saturated heterocycles. The predicted molar refractivity (Wildman–Crippen MR) is 82.2 cm³/mol. The molecule has 3 saturated carbocycles. The van der Waals surface area contributed by atoms with E-state index < -0.39 is 0 Å². The Morgan fingerprint density at radius 1 is 1.10 bits per heavy atom. The highest BCUT2D eigenvalue weighted by Crippen LogP contribution is 2.58. The molecule has 6 unspecified atom stereocenters. The van der Waals surface area contributed by atoms with Crippen LogP contribution in [-0.4, -0.2) is 16.3 Å². The van der Waals surface area contributed by atoms with Crippen molar-refractivity contribution in [2.75, 3.05) is 0 Å². The molecule has 3 aliphatic carbocycles. The lowest BCUT2D eigenvalue weighted by Crippen LogP contribution is -2.40. The number of fused-ring (bicyclic) bond motifs is 5. The van der Waals surface area contributed by atoms with Crippen LogP contribution in [0.3, 0.4) is 0 Å². The minimum absolute atomic E-state index is 0.0845. The highest BCUT2D eigenvalue weighted by Gasteiger charge is 2.53. The molecule has 6 atom stereocenters. The van der Waals surface area contributed by atoms with Gasteiger partial charge in [-0.15, -0.1) is 0 Å². The van der Waals surface area contributed by atoms with E-state index in [2.05, 4.69) is 12.2 Å². The molecule has 3 heteroatoms. The summed E-state index contributed by atoms with van der Waals surface area (Å²) in [7, 11) is 0. The molecule has 1 aromatic rings. The van der Waals surface area contributed by atoms with E-state index in [1.807, 2.05) is 0 Å². The lowest BCUT2D eigenvalue weighted by Gasteiger charge is -2.34. The molecular formula is C18H25NO2. The standard InChI is InChI=1S/C18H25NO2/c1-10(15-9-12(20)5-6-18(15)21)19-17-8-11-7-16(17)14-4-2-3-13(11)14/h5-6,9-11,13-14,16-17,19-21H,2-4,7-8H2,1H3. The quantitative estimate of drug-likeness (QED) is 0.745. The lowest BCUT2D eigenvalue weighted by atomic mass is 9.79. The fourth-order valence-corrected chi connectivity index (χ4v) is 5.56. The normalized spacial score (nSPS) is 38.6. The second-order valence-electron chi connectivity index (χ2n) is 7.39. The second-order valence-corrected chi connectivity index (χ2v) is 7.39. The summed E-state index contributed by atoms with van der Waals surface area (Å²) in [5, 5.41) is 23.4. The van der Waals surface area contributed by atoms with Crippen molar-refractivity contribution in [2.45, 2.75) is 51.1 Å². The molecule has 3 fully saturated rings. The predicted octanol–water partition coefficient (Wildman–Crippen LogP) is 3.57. The van der Waals surface area contributed by atoms with Crippen molar-refractivity contribution in [1.29, 1.82) is 0 Å². The van der Waals surface area contributed by atoms with E-state index >= 15 is 0 Å². The second kappa shape index (κ2) is 4.91. The van der Waals surface area contributed by atoms with Crippen molar-refractivity contribution in [3.63, 3.8) is 0 Å². The fourth-order valence-electron chi connectivity index (χ4n) is 5.56. The van der Waals surface area contributed by atoms with Gasteiger partial charge in [-0.2, -0.15) is 0 Å². The van der Waals surface area contributed by atoms with Gasteiger partial charge in [0.25, 0.3) is 0 Å². The van der Waals surface area contributed by atoms with E-state index in [0.29, 0.717) is 6.04 Å². The molecule has 2 bridgehead atoms. The number of aromatic hydroxyl groups is 2. The first-order valence-electron chi connectivity index (χ1n) is 8.41. The summed E-state index contributed by atoms with van der Waals surface area (Å²) in [6.07, 6.45) is 7.02. The van der Waals surface area contributed by atoms with Crippen LogP contribution in [0.15, 0.2) is 18.2 Å². The van der Waals surface area contributed by atoms with Gasteiger partial charge in [0.1, 0.15) is 11.5 Å². The first-order valence-corrected chi connectivity index (χ1v) is 8.41. The number of phenolic OH excluding ortho intramolecular Hbond substituents is 2. The number of hydrogen-bond acceptors (Lipinski definition) is 3. The molecule has 1 aromatic carbocycles. The smallest absolute Gasteiger partial charge is 0.120 e. The summed E-state index contributed by atoms with van der Waals surface area (Å²) in [4.78, 5) is 0. The van der Waals surface area contributed by atoms with Crippen LogP contribution < -0.4 is 5.32 Å². The molecule has 0 aliphatic heterocycles. The third-order valence-corrected chi connectivity index (χ3v) is 6.37. The maximum Gasteiger partial charge on any atom is 0.120 e. The van der Waals surface area contributed by atoms with Gasteiger partial charge in [0, 0.05) is 17.6 Å². The van der Waals surface area contributed by atoms with Crippen LogP contribution in [0.2, 0.25) is 0 Å². The van der Waals surface area contributed by atoms with Crippen molar-refractivity contribution in [3.05, 3.63) is 23.8 Å². The van der Waals surface area contributed by atoms with Crippen LogP contribution in [0.4, 0.5) is 0 Å². The highest BCUT2D eigenvalue weighted by atomic mass is 16.3. The Balaban J connectivity index is 1.48. The minimum atomic E-state index is 0.0845. The Morgan fingerprint density at radius 2 is 1.90 bits per heavy atom. The van der Waals surface area contributed by atoms with Crippen molar-refractivity contribution in [3.8, 4) is 11.5 Å². The SMILES string of the molecule is CC(NC1CC2CC1C1CCCC21)c1cc(O)ccc1O. The maximum absolute atomic E-state index is 10.0. The molecule has 21 heavy (non-hydrogen) atoms. The van der Waals surface area contributed by atoms with Gasteiger partial charge in [0.2, 0.25) is 0 Å². The summed E-state index contributed by atoms with van der Waals surface area (Å²) < 4.78 is 0. The maximum atomic E-state index is 10.0. The third-order valence-electron chi connectivity index (χ3n) is 6.37. The van der Waals surface area contributed by atoms with Crippen molar-refractivity contribution < 1.29 is 10.2 Å². The van der Waals surface area contributed by atoms with Crippen molar-refractivity contribution in [1.82, 2.24) is 5.32 Å². The largest absolute Gasteiger partial charge is 0.508 e. The Labute approximate surface area is 126 Å². The van der Waals surface area contributed by atoms with Crippen LogP contribution in [0, 0.1) is 23.7 Å². The zero-order chi connectivity index (χ0) is 14.6. The number of phenols is 2. The van der Waals surface area contributed by atoms with Gasteiger partial charge in [-0.25, -0.2) is 0 Å². The van der Waals surface area contributed by atoms with Crippen LogP contribution >= 0.6 is 0 Å². The molecule has 0 heterocycles. The molecular weight excluding hydrogens is 262 g/mol. The summed E-state index contributed by atoms with van der Waals surface area (Å²) in [5.74, 6) is 4.23. The Hall–Kier alpha value is -1.22. The van der Waals surface area contributed by atoms with Gasteiger partial charge < -0.3 is 15.5 Å². The Morgan fingerprint density at radius 3 is 2.76 bits per heavy atom. The summed E-state index contributed by atoms with van der Waals surface area (Å²) in [6, 6.07) is 5.47. The molecule has 0 radical (unpaired) electrons. The Kier molecular flexibility index (Phi) is 3.14. The summed E-state index contributed by atoms with van der Waals surface area (Å²) in [5.41, 5.74) is 0.806. The van der Waals surface area contributed by atoms with Crippen LogP contribution in [-0.2, 0) is 0 Å². The van der Waals surface area contributed by atoms with E-state index in [4.69, 9.17) is 0 Å². The van der Waals surface area contributed by atoms with E-state index in [1.165, 1.54) is 38.2 Å². The number of rotatable bonds is 3. The third kappa shape index (κ3) is 2.13. The first-order chi connectivity index (χ1) is 10.1. The van der Waals surface area contributed by atoms with Gasteiger partial charge in [-0.3, -0.25) is 0 Å². The molecule has 4 rings (SSSR count). The average Bonchev–Trinajstić information content (AvgIpc) is 3.13. The molecule has 0 amide bonds. The van der Waals surface area contributed by atoms with Crippen LogP contribution in [0.25, 0.3) is 0 Å². The van der Waals surface area contributed by atoms with Gasteiger partial charge in [-0.05, 0) is 74.5 Å². The monoisotopic (exact) mass is 287 g/mol. The summed E-state index contributed by atoms with van der Waals surface area (Å²) in [6.45, 7) is 2.09. The average molecular weight is 287 g/mol. The van der Waals surface area contributed by atoms with Crippen LogP contribution in [0.5, 0.6) is 11.5 Å². The first kappa shape index (κ1) is 13.4. The topological polar surface area (TPSA) is 52.5 Å². The summed E-state index contributed by atoms with van der Waals surface area (Å²) >= 11 is 0. The van der Waals surface area contributed by atoms with E-state index in [0.717, 1.165) is 29.2 Å².